The smallest absolute Gasteiger partial charge is 0.0802 e. The van der Waals surface area contributed by atoms with Gasteiger partial charge in [0.25, 0.3) is 0 Å². The molecule has 1 atom stereocenters. The van der Waals surface area contributed by atoms with Crippen LogP contribution in [0.15, 0.2) is 0 Å². The highest BCUT2D eigenvalue weighted by molar-refractivity contribution is 4.93. The van der Waals surface area contributed by atoms with E-state index in [1.807, 2.05) is 7.11 Å². The van der Waals surface area contributed by atoms with Crippen LogP contribution in [0.25, 0.3) is 0 Å². The zero-order valence-electron chi connectivity index (χ0n) is 10.8. The van der Waals surface area contributed by atoms with Crippen LogP contribution in [0.3, 0.4) is 0 Å². The Morgan fingerprint density at radius 3 is 2.62 bits per heavy atom. The standard InChI is InChI=1S/C13H25NO2/c1-12(2)9-11(5-8-16-12)14-10-13(15-3)6-4-7-13/h11,14H,4-10H2,1-3H3. The Morgan fingerprint density at radius 1 is 1.38 bits per heavy atom. The number of methoxy groups -OCH3 is 1. The van der Waals surface area contributed by atoms with Crippen molar-refractivity contribution >= 4 is 0 Å². The van der Waals surface area contributed by atoms with Crippen LogP contribution in [0.4, 0.5) is 0 Å². The summed E-state index contributed by atoms with van der Waals surface area (Å²) in [4.78, 5) is 0. The van der Waals surface area contributed by atoms with Crippen molar-refractivity contribution in [1.82, 2.24) is 5.32 Å². The summed E-state index contributed by atoms with van der Waals surface area (Å²) in [6.45, 7) is 6.24. The molecule has 2 rings (SSSR count). The lowest BCUT2D eigenvalue weighted by Crippen LogP contribution is -2.53. The number of nitrogens with one attached hydrogen (secondary N) is 1. The molecule has 3 heteroatoms. The predicted molar refractivity (Wildman–Crippen MR) is 64.6 cm³/mol. The van der Waals surface area contributed by atoms with E-state index in [0.29, 0.717) is 6.04 Å². The zero-order chi connectivity index (χ0) is 11.6. The molecule has 2 aliphatic rings. The lowest BCUT2D eigenvalue weighted by Gasteiger charge is -2.43. The molecule has 0 aromatic carbocycles. The molecular formula is C13H25NO2. The van der Waals surface area contributed by atoms with Gasteiger partial charge in [0.1, 0.15) is 0 Å². The number of ether oxygens (including phenoxy) is 2. The highest BCUT2D eigenvalue weighted by Gasteiger charge is 2.38. The maximum atomic E-state index is 5.72. The Bertz CT molecular complexity index is 231. The molecule has 1 aliphatic carbocycles. The molecule has 0 aromatic heterocycles. The van der Waals surface area contributed by atoms with E-state index < -0.39 is 0 Å². The third kappa shape index (κ3) is 2.76. The van der Waals surface area contributed by atoms with E-state index >= 15 is 0 Å². The van der Waals surface area contributed by atoms with Crippen LogP contribution in [0.1, 0.15) is 46.0 Å². The number of hydrogen-bond donors (Lipinski definition) is 1. The summed E-state index contributed by atoms with van der Waals surface area (Å²) >= 11 is 0. The summed E-state index contributed by atoms with van der Waals surface area (Å²) in [7, 11) is 1.84. The lowest BCUT2D eigenvalue weighted by molar-refractivity contribution is -0.0856. The molecular weight excluding hydrogens is 202 g/mol. The molecule has 0 amide bonds. The Morgan fingerprint density at radius 2 is 2.12 bits per heavy atom. The quantitative estimate of drug-likeness (QED) is 0.798. The Labute approximate surface area is 98.9 Å². The summed E-state index contributed by atoms with van der Waals surface area (Å²) in [5.41, 5.74) is 0.179. The number of hydrogen-bond acceptors (Lipinski definition) is 3. The molecule has 16 heavy (non-hydrogen) atoms. The largest absolute Gasteiger partial charge is 0.377 e. The second kappa shape index (κ2) is 4.63. The van der Waals surface area contributed by atoms with Crippen LogP contribution in [0, 0.1) is 0 Å². The monoisotopic (exact) mass is 227 g/mol. The summed E-state index contributed by atoms with van der Waals surface area (Å²) in [6, 6.07) is 0.594. The Balaban J connectivity index is 1.77. The normalized spacial score (nSPS) is 32.1. The van der Waals surface area contributed by atoms with E-state index in [1.165, 1.54) is 19.3 Å². The molecule has 2 fully saturated rings. The molecule has 1 N–H and O–H groups in total. The minimum atomic E-state index is 0.0375. The third-order valence-corrected chi connectivity index (χ3v) is 4.11. The number of rotatable bonds is 4. The van der Waals surface area contributed by atoms with Crippen molar-refractivity contribution in [1.29, 1.82) is 0 Å². The molecule has 1 aliphatic heterocycles. The van der Waals surface area contributed by atoms with Gasteiger partial charge in [0.15, 0.2) is 0 Å². The van der Waals surface area contributed by atoms with E-state index in [1.54, 1.807) is 0 Å². The molecule has 1 unspecified atom stereocenters. The maximum absolute atomic E-state index is 5.72. The fourth-order valence-corrected chi connectivity index (χ4v) is 2.76. The van der Waals surface area contributed by atoms with Crippen molar-refractivity contribution < 1.29 is 9.47 Å². The van der Waals surface area contributed by atoms with E-state index in [0.717, 1.165) is 26.0 Å². The topological polar surface area (TPSA) is 30.5 Å². The van der Waals surface area contributed by atoms with Crippen molar-refractivity contribution in [2.24, 2.45) is 0 Å². The molecule has 1 heterocycles. The SMILES string of the molecule is COC1(CNC2CCOC(C)(C)C2)CCC1. The van der Waals surface area contributed by atoms with Crippen LogP contribution >= 0.6 is 0 Å². The first-order chi connectivity index (χ1) is 7.55. The van der Waals surface area contributed by atoms with Gasteiger partial charge in [0, 0.05) is 26.3 Å². The average molecular weight is 227 g/mol. The van der Waals surface area contributed by atoms with Crippen LogP contribution < -0.4 is 5.32 Å². The molecule has 94 valence electrons. The highest BCUT2D eigenvalue weighted by Crippen LogP contribution is 2.34. The van der Waals surface area contributed by atoms with Gasteiger partial charge in [0.2, 0.25) is 0 Å². The van der Waals surface area contributed by atoms with Crippen molar-refractivity contribution in [3.63, 3.8) is 0 Å². The summed E-state index contributed by atoms with van der Waals surface area (Å²) < 4.78 is 11.3. The second-order valence-corrected chi connectivity index (χ2v) is 5.92. The summed E-state index contributed by atoms with van der Waals surface area (Å²) in [6.07, 6.45) is 5.97. The summed E-state index contributed by atoms with van der Waals surface area (Å²) in [5.74, 6) is 0. The minimum absolute atomic E-state index is 0.0375. The van der Waals surface area contributed by atoms with Crippen LogP contribution in [0.2, 0.25) is 0 Å². The zero-order valence-corrected chi connectivity index (χ0v) is 10.8. The van der Waals surface area contributed by atoms with Crippen molar-refractivity contribution in [2.45, 2.75) is 63.2 Å². The molecule has 3 nitrogen and oxygen atoms in total. The van der Waals surface area contributed by atoms with Gasteiger partial charge >= 0.3 is 0 Å². The predicted octanol–water partition coefficient (Wildman–Crippen LogP) is 2.10. The average Bonchev–Trinajstić information content (AvgIpc) is 2.15. The highest BCUT2D eigenvalue weighted by atomic mass is 16.5. The van der Waals surface area contributed by atoms with Crippen LogP contribution in [-0.4, -0.2) is 37.5 Å². The van der Waals surface area contributed by atoms with Gasteiger partial charge < -0.3 is 14.8 Å². The molecule has 0 spiro atoms. The van der Waals surface area contributed by atoms with Crippen molar-refractivity contribution in [3.05, 3.63) is 0 Å². The maximum Gasteiger partial charge on any atom is 0.0802 e. The third-order valence-electron chi connectivity index (χ3n) is 4.11. The molecule has 0 bridgehead atoms. The molecule has 0 radical (unpaired) electrons. The van der Waals surface area contributed by atoms with E-state index in [2.05, 4.69) is 19.2 Å². The summed E-state index contributed by atoms with van der Waals surface area (Å²) in [5, 5.41) is 3.67. The van der Waals surface area contributed by atoms with Gasteiger partial charge in [0.05, 0.1) is 11.2 Å². The molecule has 0 aromatic rings. The van der Waals surface area contributed by atoms with Crippen LogP contribution in [-0.2, 0) is 9.47 Å². The first-order valence-electron chi connectivity index (χ1n) is 6.48. The molecule has 1 saturated heterocycles. The second-order valence-electron chi connectivity index (χ2n) is 5.92. The van der Waals surface area contributed by atoms with Gasteiger partial charge in [-0.2, -0.15) is 0 Å². The Kier molecular flexibility index (Phi) is 3.57. The van der Waals surface area contributed by atoms with Gasteiger partial charge in [-0.3, -0.25) is 0 Å². The van der Waals surface area contributed by atoms with Gasteiger partial charge in [-0.05, 0) is 46.0 Å². The lowest BCUT2D eigenvalue weighted by atomic mass is 9.79. The van der Waals surface area contributed by atoms with Gasteiger partial charge in [-0.15, -0.1) is 0 Å². The van der Waals surface area contributed by atoms with Gasteiger partial charge in [-0.1, -0.05) is 0 Å². The van der Waals surface area contributed by atoms with Crippen molar-refractivity contribution in [3.8, 4) is 0 Å². The van der Waals surface area contributed by atoms with Crippen LogP contribution in [0.5, 0.6) is 0 Å². The van der Waals surface area contributed by atoms with E-state index in [-0.39, 0.29) is 11.2 Å². The minimum Gasteiger partial charge on any atom is -0.377 e. The van der Waals surface area contributed by atoms with E-state index in [4.69, 9.17) is 9.47 Å². The Hall–Kier alpha value is -0.120. The fourth-order valence-electron chi connectivity index (χ4n) is 2.76. The molecule has 1 saturated carbocycles. The first-order valence-corrected chi connectivity index (χ1v) is 6.48. The van der Waals surface area contributed by atoms with Crippen molar-refractivity contribution in [2.75, 3.05) is 20.3 Å². The first kappa shape index (κ1) is 12.3. The van der Waals surface area contributed by atoms with Gasteiger partial charge in [-0.25, -0.2) is 0 Å². The van der Waals surface area contributed by atoms with E-state index in [9.17, 15) is 0 Å². The fraction of sp³-hybridized carbons (Fsp3) is 1.00.